The zero-order valence-electron chi connectivity index (χ0n) is 10.2. The van der Waals surface area contributed by atoms with Crippen LogP contribution in [0.4, 0.5) is 10.1 Å². The molecule has 0 fully saturated rings. The molecule has 1 N–H and O–H groups in total. The predicted molar refractivity (Wildman–Crippen MR) is 79.4 cm³/mol. The van der Waals surface area contributed by atoms with Gasteiger partial charge in [0.05, 0.1) is 11.6 Å². The summed E-state index contributed by atoms with van der Waals surface area (Å²) in [6, 6.07) is 9.95. The van der Waals surface area contributed by atoms with Crippen molar-refractivity contribution in [3.8, 4) is 5.75 Å². The van der Waals surface area contributed by atoms with Gasteiger partial charge >= 0.3 is 0 Å². The Morgan fingerprint density at radius 1 is 1.26 bits per heavy atom. The molecule has 0 aromatic heterocycles. The highest BCUT2D eigenvalue weighted by Gasteiger charge is 2.04. The maximum absolute atomic E-state index is 13.1. The van der Waals surface area contributed by atoms with E-state index >= 15 is 0 Å². The van der Waals surface area contributed by atoms with E-state index in [1.54, 1.807) is 13.2 Å². The van der Waals surface area contributed by atoms with Crippen LogP contribution in [0.1, 0.15) is 5.56 Å². The topological polar surface area (TPSA) is 21.3 Å². The van der Waals surface area contributed by atoms with Crippen LogP contribution < -0.4 is 10.1 Å². The van der Waals surface area contributed by atoms with Crippen molar-refractivity contribution < 1.29 is 9.13 Å². The number of methoxy groups -OCH3 is 1. The molecular weight excluding hydrogens is 333 g/mol. The smallest absolute Gasteiger partial charge is 0.133 e. The summed E-state index contributed by atoms with van der Waals surface area (Å²) >= 11 is 9.41. The van der Waals surface area contributed by atoms with Crippen LogP contribution in [0.3, 0.4) is 0 Å². The number of halogens is 3. The first-order valence-corrected chi connectivity index (χ1v) is 6.78. The van der Waals surface area contributed by atoms with Gasteiger partial charge in [0.2, 0.25) is 0 Å². The molecule has 0 saturated carbocycles. The molecule has 5 heteroatoms. The molecule has 2 aromatic rings. The summed E-state index contributed by atoms with van der Waals surface area (Å²) in [6.45, 7) is 0.454. The van der Waals surface area contributed by atoms with Crippen molar-refractivity contribution in [3.63, 3.8) is 0 Å². The van der Waals surface area contributed by atoms with E-state index in [0.29, 0.717) is 17.1 Å². The Balaban J connectivity index is 2.10. The summed E-state index contributed by atoms with van der Waals surface area (Å²) in [7, 11) is 1.61. The van der Waals surface area contributed by atoms with Crippen molar-refractivity contribution in [2.45, 2.75) is 6.54 Å². The molecule has 2 aromatic carbocycles. The van der Waals surface area contributed by atoms with Crippen LogP contribution in [0, 0.1) is 5.82 Å². The Bertz CT molecular complexity index is 592. The van der Waals surface area contributed by atoms with Crippen LogP contribution >= 0.6 is 27.5 Å². The molecule has 0 atom stereocenters. The van der Waals surface area contributed by atoms with Gasteiger partial charge in [-0.3, -0.25) is 0 Å². The quantitative estimate of drug-likeness (QED) is 0.855. The van der Waals surface area contributed by atoms with E-state index in [1.807, 2.05) is 18.2 Å². The minimum Gasteiger partial charge on any atom is -0.496 e. The fourth-order valence-corrected chi connectivity index (χ4v) is 2.38. The van der Waals surface area contributed by atoms with Gasteiger partial charge in [-0.25, -0.2) is 4.39 Å². The van der Waals surface area contributed by atoms with Gasteiger partial charge in [-0.05, 0) is 57.9 Å². The molecule has 100 valence electrons. The second-order valence-electron chi connectivity index (χ2n) is 3.94. The molecule has 0 aliphatic heterocycles. The molecule has 0 saturated heterocycles. The van der Waals surface area contributed by atoms with Crippen LogP contribution in [-0.2, 0) is 6.54 Å². The van der Waals surface area contributed by atoms with Gasteiger partial charge in [0.1, 0.15) is 11.6 Å². The maximum atomic E-state index is 13.1. The van der Waals surface area contributed by atoms with E-state index in [0.717, 1.165) is 15.9 Å². The van der Waals surface area contributed by atoms with Gasteiger partial charge in [-0.15, -0.1) is 0 Å². The van der Waals surface area contributed by atoms with Gasteiger partial charge in [0.25, 0.3) is 0 Å². The zero-order valence-corrected chi connectivity index (χ0v) is 12.6. The Hall–Kier alpha value is -1.26. The third-order valence-electron chi connectivity index (χ3n) is 2.64. The Morgan fingerprint density at radius 3 is 2.74 bits per heavy atom. The lowest BCUT2D eigenvalue weighted by molar-refractivity contribution is 0.412. The molecule has 0 unspecified atom stereocenters. The van der Waals surface area contributed by atoms with E-state index in [1.165, 1.54) is 12.1 Å². The maximum Gasteiger partial charge on any atom is 0.133 e. The summed E-state index contributed by atoms with van der Waals surface area (Å²) in [4.78, 5) is 0. The summed E-state index contributed by atoms with van der Waals surface area (Å²) in [5.41, 5.74) is 1.61. The SMILES string of the molecule is COc1ccc(NCc2cc(F)ccc2Cl)cc1Br. The Kier molecular flexibility index (Phi) is 4.66. The largest absolute Gasteiger partial charge is 0.496 e. The average Bonchev–Trinajstić information content (AvgIpc) is 2.40. The molecule has 0 amide bonds. The highest BCUT2D eigenvalue weighted by molar-refractivity contribution is 9.10. The van der Waals surface area contributed by atoms with Crippen molar-refractivity contribution in [1.29, 1.82) is 0 Å². The Labute approximate surface area is 124 Å². The van der Waals surface area contributed by atoms with E-state index in [9.17, 15) is 4.39 Å². The van der Waals surface area contributed by atoms with Crippen LogP contribution in [0.5, 0.6) is 5.75 Å². The predicted octanol–water partition coefficient (Wildman–Crippen LogP) is 4.86. The fourth-order valence-electron chi connectivity index (χ4n) is 1.65. The number of anilines is 1. The van der Waals surface area contributed by atoms with Gasteiger partial charge in [-0.2, -0.15) is 0 Å². The fraction of sp³-hybridized carbons (Fsp3) is 0.143. The summed E-state index contributed by atoms with van der Waals surface area (Å²) < 4.78 is 19.1. The lowest BCUT2D eigenvalue weighted by atomic mass is 10.2. The van der Waals surface area contributed by atoms with Crippen molar-refractivity contribution in [2.75, 3.05) is 12.4 Å². The van der Waals surface area contributed by atoms with Gasteiger partial charge in [0.15, 0.2) is 0 Å². The lowest BCUT2D eigenvalue weighted by Gasteiger charge is -2.10. The minimum atomic E-state index is -0.294. The second-order valence-corrected chi connectivity index (χ2v) is 5.20. The number of hydrogen-bond donors (Lipinski definition) is 1. The van der Waals surface area contributed by atoms with E-state index in [2.05, 4.69) is 21.2 Å². The van der Waals surface area contributed by atoms with E-state index in [-0.39, 0.29) is 5.82 Å². The average molecular weight is 345 g/mol. The van der Waals surface area contributed by atoms with Crippen molar-refractivity contribution in [2.24, 2.45) is 0 Å². The lowest BCUT2D eigenvalue weighted by Crippen LogP contribution is -2.00. The van der Waals surface area contributed by atoms with Crippen LogP contribution in [0.15, 0.2) is 40.9 Å². The summed E-state index contributed by atoms with van der Waals surface area (Å²) in [5, 5.41) is 3.73. The van der Waals surface area contributed by atoms with E-state index < -0.39 is 0 Å². The normalized spacial score (nSPS) is 10.3. The number of rotatable bonds is 4. The molecule has 2 nitrogen and oxygen atoms in total. The third-order valence-corrected chi connectivity index (χ3v) is 3.63. The van der Waals surface area contributed by atoms with Crippen molar-refractivity contribution in [3.05, 3.63) is 57.3 Å². The van der Waals surface area contributed by atoms with Crippen LogP contribution in [-0.4, -0.2) is 7.11 Å². The summed E-state index contributed by atoms with van der Waals surface area (Å²) in [6.07, 6.45) is 0. The number of hydrogen-bond acceptors (Lipinski definition) is 2. The van der Waals surface area contributed by atoms with Gasteiger partial charge in [0, 0.05) is 17.3 Å². The van der Waals surface area contributed by atoms with Gasteiger partial charge in [-0.1, -0.05) is 11.6 Å². The Morgan fingerprint density at radius 2 is 2.05 bits per heavy atom. The highest BCUT2D eigenvalue weighted by atomic mass is 79.9. The first-order valence-electron chi connectivity index (χ1n) is 5.61. The first kappa shape index (κ1) is 14.2. The molecule has 0 bridgehead atoms. The van der Waals surface area contributed by atoms with Crippen molar-refractivity contribution in [1.82, 2.24) is 0 Å². The van der Waals surface area contributed by atoms with E-state index in [4.69, 9.17) is 16.3 Å². The molecule has 0 radical (unpaired) electrons. The van der Waals surface area contributed by atoms with Crippen LogP contribution in [0.25, 0.3) is 0 Å². The molecule has 2 rings (SSSR count). The molecule has 0 heterocycles. The standard InChI is InChI=1S/C14H12BrClFNO/c1-19-14-5-3-11(7-12(14)15)18-8-9-6-10(17)2-4-13(9)16/h2-7,18H,8H2,1H3. The first-order chi connectivity index (χ1) is 9.10. The van der Waals surface area contributed by atoms with Gasteiger partial charge < -0.3 is 10.1 Å². The number of benzene rings is 2. The molecular formula is C14H12BrClFNO. The minimum absolute atomic E-state index is 0.294. The zero-order chi connectivity index (χ0) is 13.8. The molecule has 19 heavy (non-hydrogen) atoms. The summed E-state index contributed by atoms with van der Waals surface area (Å²) in [5.74, 6) is 0.464. The highest BCUT2D eigenvalue weighted by Crippen LogP contribution is 2.28. The monoisotopic (exact) mass is 343 g/mol. The number of ether oxygens (including phenoxy) is 1. The molecule has 0 spiro atoms. The van der Waals surface area contributed by atoms with Crippen LogP contribution in [0.2, 0.25) is 5.02 Å². The number of nitrogens with one attached hydrogen (secondary N) is 1. The second kappa shape index (κ2) is 6.26. The third kappa shape index (κ3) is 3.61. The molecule has 0 aliphatic carbocycles. The van der Waals surface area contributed by atoms with Crippen molar-refractivity contribution >= 4 is 33.2 Å². The molecule has 0 aliphatic rings.